The maximum Gasteiger partial charge on any atom is 0.101 e. The second-order valence-electron chi connectivity index (χ2n) is 8.56. The smallest absolute Gasteiger partial charge is 0.101 e. The largest absolute Gasteiger partial charge is 0.392 e. The van der Waals surface area contributed by atoms with Gasteiger partial charge in [0.05, 0.1) is 31.5 Å². The van der Waals surface area contributed by atoms with Gasteiger partial charge in [-0.2, -0.15) is 0 Å². The van der Waals surface area contributed by atoms with Crippen LogP contribution in [0.3, 0.4) is 0 Å². The predicted molar refractivity (Wildman–Crippen MR) is 94.9 cm³/mol. The summed E-state index contributed by atoms with van der Waals surface area (Å²) in [5.74, 6) is 0.451. The number of hydrogen-bond donors (Lipinski definition) is 4. The highest BCUT2D eigenvalue weighted by atomic mass is 16.5. The van der Waals surface area contributed by atoms with Crippen molar-refractivity contribution in [1.29, 1.82) is 0 Å². The van der Waals surface area contributed by atoms with E-state index in [4.69, 9.17) is 9.84 Å². The lowest BCUT2D eigenvalue weighted by atomic mass is 9.53. The summed E-state index contributed by atoms with van der Waals surface area (Å²) in [5, 5.41) is 40.2. The Bertz CT molecular complexity index is 554. The van der Waals surface area contributed by atoms with Gasteiger partial charge in [-0.25, -0.2) is 0 Å². The molecule has 1 aliphatic heterocycles. The third-order valence-electron chi connectivity index (χ3n) is 6.99. The molecule has 0 aromatic rings. The molecule has 25 heavy (non-hydrogen) atoms. The van der Waals surface area contributed by atoms with E-state index >= 15 is 0 Å². The van der Waals surface area contributed by atoms with Gasteiger partial charge in [0, 0.05) is 17.8 Å². The van der Waals surface area contributed by atoms with Crippen molar-refractivity contribution in [3.05, 3.63) is 23.8 Å². The minimum atomic E-state index is -0.973. The zero-order chi connectivity index (χ0) is 18.3. The summed E-state index contributed by atoms with van der Waals surface area (Å²) in [5.41, 5.74) is -0.893. The lowest BCUT2D eigenvalue weighted by Crippen LogP contribution is -2.58. The quantitative estimate of drug-likeness (QED) is 0.564. The molecule has 2 fully saturated rings. The number of aliphatic hydroxyl groups is 4. The maximum atomic E-state index is 10.9. The molecule has 1 heterocycles. The maximum absolute atomic E-state index is 10.9. The molecular weight excluding hydrogens is 320 g/mol. The monoisotopic (exact) mass is 352 g/mol. The molecule has 0 spiro atoms. The number of rotatable bonds is 5. The van der Waals surface area contributed by atoms with E-state index < -0.39 is 17.3 Å². The van der Waals surface area contributed by atoms with Gasteiger partial charge in [-0.05, 0) is 44.1 Å². The molecule has 6 atom stereocenters. The van der Waals surface area contributed by atoms with Crippen LogP contribution in [0.4, 0.5) is 0 Å². The van der Waals surface area contributed by atoms with Gasteiger partial charge in [-0.3, -0.25) is 0 Å². The van der Waals surface area contributed by atoms with Crippen molar-refractivity contribution in [2.75, 3.05) is 19.8 Å². The molecule has 0 radical (unpaired) electrons. The van der Waals surface area contributed by atoms with Crippen molar-refractivity contribution in [2.45, 2.75) is 63.3 Å². The Labute approximate surface area is 150 Å². The first-order chi connectivity index (χ1) is 11.8. The van der Waals surface area contributed by atoms with E-state index in [0.29, 0.717) is 31.8 Å². The van der Waals surface area contributed by atoms with Crippen molar-refractivity contribution in [3.8, 4) is 0 Å². The summed E-state index contributed by atoms with van der Waals surface area (Å²) in [6, 6.07) is 0. The molecule has 0 aromatic carbocycles. The fourth-order valence-corrected chi connectivity index (χ4v) is 5.60. The van der Waals surface area contributed by atoms with E-state index in [2.05, 4.69) is 6.92 Å². The Kier molecular flexibility index (Phi) is 5.17. The summed E-state index contributed by atoms with van der Waals surface area (Å²) in [7, 11) is 0. The van der Waals surface area contributed by atoms with Crippen LogP contribution in [0.15, 0.2) is 23.8 Å². The van der Waals surface area contributed by atoms with Crippen LogP contribution in [0.2, 0.25) is 0 Å². The Morgan fingerprint density at radius 2 is 2.12 bits per heavy atom. The average Bonchev–Trinajstić information content (AvgIpc) is 2.71. The highest BCUT2D eigenvalue weighted by Crippen LogP contribution is 2.63. The van der Waals surface area contributed by atoms with E-state index in [9.17, 15) is 15.3 Å². The van der Waals surface area contributed by atoms with Crippen molar-refractivity contribution in [3.63, 3.8) is 0 Å². The third kappa shape index (κ3) is 3.10. The molecule has 5 heteroatoms. The van der Waals surface area contributed by atoms with Gasteiger partial charge >= 0.3 is 0 Å². The van der Waals surface area contributed by atoms with E-state index in [1.807, 2.05) is 12.2 Å². The van der Waals surface area contributed by atoms with Crippen LogP contribution < -0.4 is 0 Å². The molecule has 3 aliphatic rings. The van der Waals surface area contributed by atoms with Gasteiger partial charge in [0.1, 0.15) is 5.60 Å². The van der Waals surface area contributed by atoms with Crippen LogP contribution >= 0.6 is 0 Å². The minimum absolute atomic E-state index is 0.0427. The molecule has 1 saturated heterocycles. The molecule has 0 aromatic heterocycles. The van der Waals surface area contributed by atoms with Gasteiger partial charge in [-0.15, -0.1) is 0 Å². The molecule has 1 saturated carbocycles. The predicted octanol–water partition coefficient (Wildman–Crippen LogP) is 1.55. The second-order valence-corrected chi connectivity index (χ2v) is 8.56. The number of hydrogen-bond acceptors (Lipinski definition) is 5. The zero-order valence-electron chi connectivity index (χ0n) is 15.3. The van der Waals surface area contributed by atoms with Crippen molar-refractivity contribution in [2.24, 2.45) is 17.3 Å². The Morgan fingerprint density at radius 3 is 2.80 bits per heavy atom. The summed E-state index contributed by atoms with van der Waals surface area (Å²) in [6.45, 7) is 4.44. The standard InChI is InChI=1S/C20H32O5/c1-14-10-17(23)20-12-18(2,24)7-3-4-16(20)19(14,13-25-20)8-5-15(11-22)6-9-21/h3,6-7,14,16-17,21-24H,4-5,8-13H2,1-2H3/b15-6+/t14-,16-,17+,18+,19-,20-/m1/s1. The summed E-state index contributed by atoms with van der Waals surface area (Å²) in [6.07, 6.45) is 8.44. The van der Waals surface area contributed by atoms with E-state index in [1.165, 1.54) is 0 Å². The Morgan fingerprint density at radius 1 is 1.36 bits per heavy atom. The molecule has 2 aliphatic carbocycles. The van der Waals surface area contributed by atoms with Gasteiger partial charge in [0.15, 0.2) is 0 Å². The number of ether oxygens (including phenoxy) is 1. The van der Waals surface area contributed by atoms with Crippen LogP contribution in [-0.4, -0.2) is 57.6 Å². The molecule has 0 unspecified atom stereocenters. The molecule has 2 bridgehead atoms. The second kappa shape index (κ2) is 6.78. The SMILES string of the molecule is C[C@@H]1C[C@H](O)[C@@]23C[C@@](C)(O)C=CC[C@@H]2[C@]1(CC/C(=C\CO)CO)CO3. The van der Waals surface area contributed by atoms with Gasteiger partial charge in [0.25, 0.3) is 0 Å². The highest BCUT2D eigenvalue weighted by molar-refractivity contribution is 5.21. The first-order valence-corrected chi connectivity index (χ1v) is 9.41. The first kappa shape index (κ1) is 19.1. The van der Waals surface area contributed by atoms with Gasteiger partial charge in [-0.1, -0.05) is 25.2 Å². The Balaban J connectivity index is 1.91. The van der Waals surface area contributed by atoms with E-state index in [-0.39, 0.29) is 24.5 Å². The first-order valence-electron chi connectivity index (χ1n) is 9.41. The minimum Gasteiger partial charge on any atom is -0.392 e. The molecular formula is C20H32O5. The molecule has 3 rings (SSSR count). The Hall–Kier alpha value is -0.720. The van der Waals surface area contributed by atoms with Crippen LogP contribution in [0.5, 0.6) is 0 Å². The van der Waals surface area contributed by atoms with Crippen LogP contribution in [0, 0.1) is 17.3 Å². The summed E-state index contributed by atoms with van der Waals surface area (Å²) < 4.78 is 6.31. The van der Waals surface area contributed by atoms with Crippen LogP contribution in [0.1, 0.15) is 46.0 Å². The molecule has 5 nitrogen and oxygen atoms in total. The number of aliphatic hydroxyl groups excluding tert-OH is 3. The molecule has 0 amide bonds. The highest BCUT2D eigenvalue weighted by Gasteiger charge is 2.67. The van der Waals surface area contributed by atoms with Crippen LogP contribution in [0.25, 0.3) is 0 Å². The van der Waals surface area contributed by atoms with Gasteiger partial charge in [0.2, 0.25) is 0 Å². The normalized spacial score (nSPS) is 46.8. The van der Waals surface area contributed by atoms with Crippen LogP contribution in [-0.2, 0) is 4.74 Å². The number of allylic oxidation sites excluding steroid dienone is 1. The fourth-order valence-electron chi connectivity index (χ4n) is 5.60. The fraction of sp³-hybridized carbons (Fsp3) is 0.800. The third-order valence-corrected chi connectivity index (χ3v) is 6.99. The topological polar surface area (TPSA) is 90.2 Å². The average molecular weight is 352 g/mol. The van der Waals surface area contributed by atoms with Crippen molar-refractivity contribution < 1.29 is 25.2 Å². The lowest BCUT2D eigenvalue weighted by molar-refractivity contribution is -0.157. The molecule has 142 valence electrons. The lowest BCUT2D eigenvalue weighted by Gasteiger charge is -2.52. The van der Waals surface area contributed by atoms with Gasteiger partial charge < -0.3 is 25.2 Å². The zero-order valence-corrected chi connectivity index (χ0v) is 15.3. The van der Waals surface area contributed by atoms with E-state index in [1.54, 1.807) is 13.0 Å². The summed E-state index contributed by atoms with van der Waals surface area (Å²) in [4.78, 5) is 0. The van der Waals surface area contributed by atoms with Crippen molar-refractivity contribution >= 4 is 0 Å². The molecule has 4 N–H and O–H groups in total. The van der Waals surface area contributed by atoms with E-state index in [0.717, 1.165) is 18.4 Å². The van der Waals surface area contributed by atoms with Crippen molar-refractivity contribution in [1.82, 2.24) is 0 Å². The summed E-state index contributed by atoms with van der Waals surface area (Å²) >= 11 is 0.